The molecule has 3 aromatic carbocycles. The Morgan fingerprint density at radius 1 is 1.13 bits per heavy atom. The highest BCUT2D eigenvalue weighted by molar-refractivity contribution is 7.99. The van der Waals surface area contributed by atoms with Gasteiger partial charge in [-0.3, -0.25) is 14.2 Å². The summed E-state index contributed by atoms with van der Waals surface area (Å²) in [5, 5.41) is 3.99. The first-order valence-corrected chi connectivity index (χ1v) is 12.6. The molecule has 0 atom stereocenters. The van der Waals surface area contributed by atoms with E-state index in [0.29, 0.717) is 32.9 Å². The minimum absolute atomic E-state index is 0.148. The Bertz CT molecular complexity index is 1750. The molecule has 0 aliphatic rings. The lowest BCUT2D eigenvalue weighted by molar-refractivity contribution is -0.274. The number of benzene rings is 3. The van der Waals surface area contributed by atoms with Crippen LogP contribution in [0.2, 0.25) is 5.02 Å². The molecule has 5 aromatic rings. The molecule has 5 rings (SSSR count). The Morgan fingerprint density at radius 2 is 1.87 bits per heavy atom. The third-order valence-electron chi connectivity index (χ3n) is 5.59. The zero-order valence-electron chi connectivity index (χ0n) is 20.0. The van der Waals surface area contributed by atoms with Crippen LogP contribution < -0.4 is 20.3 Å². The molecule has 39 heavy (non-hydrogen) atoms. The van der Waals surface area contributed by atoms with Crippen LogP contribution in [-0.4, -0.2) is 39.7 Å². The van der Waals surface area contributed by atoms with Crippen molar-refractivity contribution in [2.24, 2.45) is 0 Å². The van der Waals surface area contributed by atoms with E-state index in [2.05, 4.69) is 20.0 Å². The second-order valence-corrected chi connectivity index (χ2v) is 9.53. The third kappa shape index (κ3) is 5.66. The standard InChI is InChI=1S/C26H18ClF3N4O4S/c1-37-20-11-6-14(27)12-19(20)31-21(35)13-39-25-33-22-17-4-2-3-5-18(17)32-23(22)24(36)34(25)15-7-9-16(10-8-15)38-26(28,29)30/h2-12,32H,13H2,1H3,(H,31,35). The number of nitrogens with zero attached hydrogens (tertiary/aromatic N) is 2. The topological polar surface area (TPSA) is 98.2 Å². The highest BCUT2D eigenvalue weighted by Crippen LogP contribution is 2.30. The largest absolute Gasteiger partial charge is 0.573 e. The van der Waals surface area contributed by atoms with Crippen LogP contribution in [0.3, 0.4) is 0 Å². The first-order valence-electron chi connectivity index (χ1n) is 11.3. The highest BCUT2D eigenvalue weighted by Gasteiger charge is 2.31. The predicted molar refractivity (Wildman–Crippen MR) is 143 cm³/mol. The van der Waals surface area contributed by atoms with Crippen LogP contribution in [0.5, 0.6) is 11.5 Å². The minimum atomic E-state index is -4.86. The van der Waals surface area contributed by atoms with Gasteiger partial charge in [0.25, 0.3) is 5.56 Å². The third-order valence-corrected chi connectivity index (χ3v) is 6.76. The number of methoxy groups -OCH3 is 1. The van der Waals surface area contributed by atoms with Crippen molar-refractivity contribution >= 4 is 56.9 Å². The number of alkyl halides is 3. The number of halogens is 4. The van der Waals surface area contributed by atoms with Crippen LogP contribution in [0.25, 0.3) is 27.6 Å². The maximum Gasteiger partial charge on any atom is 0.573 e. The van der Waals surface area contributed by atoms with Crippen LogP contribution in [0.1, 0.15) is 0 Å². The number of aromatic amines is 1. The van der Waals surface area contributed by atoms with Gasteiger partial charge in [-0.1, -0.05) is 41.6 Å². The molecule has 0 saturated heterocycles. The van der Waals surface area contributed by atoms with E-state index in [9.17, 15) is 22.8 Å². The number of para-hydroxylation sites is 1. The molecule has 200 valence electrons. The van der Waals surface area contributed by atoms with Gasteiger partial charge in [-0.15, -0.1) is 13.2 Å². The molecule has 0 unspecified atom stereocenters. The first kappa shape index (κ1) is 26.4. The van der Waals surface area contributed by atoms with Crippen molar-refractivity contribution in [3.8, 4) is 17.2 Å². The summed E-state index contributed by atoms with van der Waals surface area (Å²) in [6.45, 7) is 0. The van der Waals surface area contributed by atoms with Gasteiger partial charge in [0.15, 0.2) is 5.16 Å². The fraction of sp³-hybridized carbons (Fsp3) is 0.115. The lowest BCUT2D eigenvalue weighted by atomic mass is 10.2. The maximum absolute atomic E-state index is 13.6. The van der Waals surface area contributed by atoms with E-state index in [1.165, 1.54) is 23.8 Å². The number of hydrogen-bond acceptors (Lipinski definition) is 6. The van der Waals surface area contributed by atoms with Crippen LogP contribution >= 0.6 is 23.4 Å². The Morgan fingerprint density at radius 3 is 2.59 bits per heavy atom. The summed E-state index contributed by atoms with van der Waals surface area (Å²) >= 11 is 7.02. The summed E-state index contributed by atoms with van der Waals surface area (Å²) in [5.41, 5.74) is 1.42. The van der Waals surface area contributed by atoms with Gasteiger partial charge < -0.3 is 19.8 Å². The number of anilines is 1. The zero-order chi connectivity index (χ0) is 27.7. The fourth-order valence-corrected chi connectivity index (χ4v) is 4.94. The van der Waals surface area contributed by atoms with E-state index in [1.807, 2.05) is 0 Å². The van der Waals surface area contributed by atoms with Crippen LogP contribution in [0, 0.1) is 0 Å². The maximum atomic E-state index is 13.6. The van der Waals surface area contributed by atoms with E-state index in [-0.39, 0.29) is 22.1 Å². The number of carbonyl (C=O) groups excluding carboxylic acids is 1. The highest BCUT2D eigenvalue weighted by atomic mass is 35.5. The molecule has 0 radical (unpaired) electrons. The molecule has 0 aliphatic heterocycles. The molecular formula is C26H18ClF3N4O4S. The van der Waals surface area contributed by atoms with E-state index in [4.69, 9.17) is 16.3 Å². The second kappa shape index (κ2) is 10.5. The minimum Gasteiger partial charge on any atom is -0.495 e. The Labute approximate surface area is 227 Å². The Kier molecular flexibility index (Phi) is 7.15. The number of fused-ring (bicyclic) bond motifs is 3. The Hall–Kier alpha value is -4.16. The fourth-order valence-electron chi connectivity index (χ4n) is 3.96. The number of nitrogens with one attached hydrogen (secondary N) is 2. The SMILES string of the molecule is COc1ccc(Cl)cc1NC(=O)CSc1nc2c([nH]c3ccccc32)c(=O)n1-c1ccc(OC(F)(F)F)cc1. The quantitative estimate of drug-likeness (QED) is 0.178. The normalized spacial score (nSPS) is 11.6. The number of hydrogen-bond donors (Lipinski definition) is 2. The van der Waals surface area contributed by atoms with Crippen molar-refractivity contribution in [2.75, 3.05) is 18.2 Å². The summed E-state index contributed by atoms with van der Waals surface area (Å²) in [7, 11) is 1.46. The average molecular weight is 575 g/mol. The van der Waals surface area contributed by atoms with Crippen molar-refractivity contribution in [3.05, 3.63) is 82.1 Å². The van der Waals surface area contributed by atoms with Gasteiger partial charge in [0, 0.05) is 15.9 Å². The number of aromatic nitrogens is 3. The molecule has 0 fully saturated rings. The average Bonchev–Trinajstić information content (AvgIpc) is 3.27. The number of thioether (sulfide) groups is 1. The van der Waals surface area contributed by atoms with Gasteiger partial charge in [-0.2, -0.15) is 0 Å². The van der Waals surface area contributed by atoms with Crippen LogP contribution in [-0.2, 0) is 4.79 Å². The number of H-pyrrole nitrogens is 1. The monoisotopic (exact) mass is 574 g/mol. The lowest BCUT2D eigenvalue weighted by Crippen LogP contribution is -2.23. The zero-order valence-corrected chi connectivity index (χ0v) is 21.6. The van der Waals surface area contributed by atoms with Gasteiger partial charge in [-0.25, -0.2) is 4.98 Å². The predicted octanol–water partition coefficient (Wildman–Crippen LogP) is 6.16. The van der Waals surface area contributed by atoms with Crippen LogP contribution in [0.15, 0.2) is 76.7 Å². The molecule has 1 amide bonds. The van der Waals surface area contributed by atoms with Crippen LogP contribution in [0.4, 0.5) is 18.9 Å². The molecule has 8 nitrogen and oxygen atoms in total. The van der Waals surface area contributed by atoms with Crippen molar-refractivity contribution in [2.45, 2.75) is 11.5 Å². The first-order chi connectivity index (χ1) is 18.6. The molecule has 0 saturated carbocycles. The number of carbonyl (C=O) groups is 1. The Balaban J connectivity index is 1.52. The van der Waals surface area contributed by atoms with Gasteiger partial charge in [-0.05, 0) is 48.5 Å². The van der Waals surface area contributed by atoms with E-state index < -0.39 is 23.6 Å². The second-order valence-electron chi connectivity index (χ2n) is 8.15. The summed E-state index contributed by atoms with van der Waals surface area (Å²) in [6, 6.07) is 16.8. The number of ether oxygens (including phenoxy) is 2. The van der Waals surface area contributed by atoms with Crippen molar-refractivity contribution in [1.29, 1.82) is 0 Å². The van der Waals surface area contributed by atoms with E-state index in [1.54, 1.807) is 42.5 Å². The molecule has 0 bridgehead atoms. The van der Waals surface area contributed by atoms with Crippen molar-refractivity contribution in [3.63, 3.8) is 0 Å². The number of rotatable bonds is 7. The van der Waals surface area contributed by atoms with Gasteiger partial charge in [0.2, 0.25) is 5.91 Å². The molecule has 0 aliphatic carbocycles. The lowest BCUT2D eigenvalue weighted by Gasteiger charge is -2.14. The smallest absolute Gasteiger partial charge is 0.495 e. The number of amides is 1. The molecule has 13 heteroatoms. The summed E-state index contributed by atoms with van der Waals surface area (Å²) in [4.78, 5) is 34.2. The van der Waals surface area contributed by atoms with Crippen molar-refractivity contribution < 1.29 is 27.4 Å². The van der Waals surface area contributed by atoms with E-state index >= 15 is 0 Å². The molecule has 2 heterocycles. The summed E-state index contributed by atoms with van der Waals surface area (Å²) in [6.07, 6.45) is -4.86. The molecule has 2 N–H and O–H groups in total. The van der Waals surface area contributed by atoms with Crippen molar-refractivity contribution in [1.82, 2.24) is 14.5 Å². The van der Waals surface area contributed by atoms with Gasteiger partial charge in [0.1, 0.15) is 22.5 Å². The van der Waals surface area contributed by atoms with Gasteiger partial charge >= 0.3 is 6.36 Å². The molecule has 0 spiro atoms. The molecule has 2 aromatic heterocycles. The van der Waals surface area contributed by atoms with E-state index in [0.717, 1.165) is 23.9 Å². The summed E-state index contributed by atoms with van der Waals surface area (Å²) < 4.78 is 48.3. The summed E-state index contributed by atoms with van der Waals surface area (Å²) in [5.74, 6) is -0.600. The van der Waals surface area contributed by atoms with Gasteiger partial charge in [0.05, 0.1) is 24.2 Å². The molecular weight excluding hydrogens is 557 g/mol.